The van der Waals surface area contributed by atoms with Gasteiger partial charge in [-0.2, -0.15) is 0 Å². The van der Waals surface area contributed by atoms with E-state index in [2.05, 4.69) is 88.4 Å². The van der Waals surface area contributed by atoms with E-state index in [-0.39, 0.29) is 23.2 Å². The Morgan fingerprint density at radius 3 is 1.79 bits per heavy atom. The molecule has 0 aromatic heterocycles. The smallest absolute Gasteiger partial charge is 0.302 e. The molecule has 3 unspecified atom stereocenters. The van der Waals surface area contributed by atoms with Crippen molar-refractivity contribution >= 4 is 24.7 Å². The van der Waals surface area contributed by atoms with Crippen LogP contribution < -0.4 is 10.4 Å². The summed E-state index contributed by atoms with van der Waals surface area (Å²) in [6.07, 6.45) is 2.71. The number of hydrogen-bond donors (Lipinski definition) is 0. The second kappa shape index (κ2) is 8.84. The predicted molar refractivity (Wildman–Crippen MR) is 121 cm³/mol. The molecular formula is C25H34O3Si. The summed E-state index contributed by atoms with van der Waals surface area (Å²) in [5.41, 5.74) is 0. The Morgan fingerprint density at radius 2 is 1.34 bits per heavy atom. The fourth-order valence-electron chi connectivity index (χ4n) is 4.85. The van der Waals surface area contributed by atoms with Crippen molar-refractivity contribution in [3.8, 4) is 0 Å². The average Bonchev–Trinajstić information content (AvgIpc) is 2.65. The summed E-state index contributed by atoms with van der Waals surface area (Å²) in [5.74, 6) is 0.268. The molecule has 156 valence electrons. The molecule has 0 spiro atoms. The number of carbonyl (C=O) groups excluding carboxylic acids is 1. The molecule has 1 fully saturated rings. The molecule has 2 aromatic rings. The molecule has 29 heavy (non-hydrogen) atoms. The van der Waals surface area contributed by atoms with Crippen molar-refractivity contribution < 1.29 is 14.0 Å². The summed E-state index contributed by atoms with van der Waals surface area (Å²) in [6, 6.07) is 21.5. The van der Waals surface area contributed by atoms with Crippen molar-refractivity contribution in [2.75, 3.05) is 0 Å². The van der Waals surface area contributed by atoms with E-state index in [0.29, 0.717) is 5.92 Å². The fourth-order valence-corrected chi connectivity index (χ4v) is 9.56. The SMILES string of the molecule is CC(=O)OC1CC(C)CC(O[Si](c2ccccc2)(c2ccccc2)C(C)(C)C)C1. The summed E-state index contributed by atoms with van der Waals surface area (Å²) >= 11 is 0. The summed E-state index contributed by atoms with van der Waals surface area (Å²) in [6.45, 7) is 10.6. The van der Waals surface area contributed by atoms with Crippen molar-refractivity contribution in [3.05, 3.63) is 60.7 Å². The van der Waals surface area contributed by atoms with Gasteiger partial charge in [-0.25, -0.2) is 0 Å². The first kappa shape index (κ1) is 21.8. The second-order valence-electron chi connectivity index (χ2n) is 9.45. The van der Waals surface area contributed by atoms with E-state index >= 15 is 0 Å². The first-order chi connectivity index (χ1) is 13.7. The van der Waals surface area contributed by atoms with E-state index in [4.69, 9.17) is 9.16 Å². The van der Waals surface area contributed by atoms with E-state index in [1.165, 1.54) is 17.3 Å². The molecule has 3 rings (SSSR count). The number of hydrogen-bond acceptors (Lipinski definition) is 3. The van der Waals surface area contributed by atoms with Crippen LogP contribution in [-0.4, -0.2) is 26.5 Å². The molecule has 1 aliphatic rings. The van der Waals surface area contributed by atoms with Gasteiger partial charge in [0.15, 0.2) is 0 Å². The minimum absolute atomic E-state index is 0.0483. The number of esters is 1. The molecule has 1 saturated carbocycles. The van der Waals surface area contributed by atoms with Crippen molar-refractivity contribution in [3.63, 3.8) is 0 Å². The first-order valence-corrected chi connectivity index (χ1v) is 12.6. The van der Waals surface area contributed by atoms with E-state index in [1.54, 1.807) is 0 Å². The Labute approximate surface area is 176 Å². The highest BCUT2D eigenvalue weighted by molar-refractivity contribution is 6.99. The zero-order chi connectivity index (χ0) is 21.1. The van der Waals surface area contributed by atoms with Crippen LogP contribution in [-0.2, 0) is 14.0 Å². The van der Waals surface area contributed by atoms with E-state index in [1.807, 2.05) is 0 Å². The average molecular weight is 411 g/mol. The number of carbonyl (C=O) groups is 1. The Balaban J connectivity index is 2.05. The molecule has 1 aliphatic carbocycles. The van der Waals surface area contributed by atoms with Crippen molar-refractivity contribution in [2.24, 2.45) is 5.92 Å². The monoisotopic (exact) mass is 410 g/mol. The summed E-state index contributed by atoms with van der Waals surface area (Å²) in [4.78, 5) is 11.6. The Hall–Kier alpha value is -1.91. The maximum atomic E-state index is 11.6. The van der Waals surface area contributed by atoms with Crippen LogP contribution in [0.2, 0.25) is 5.04 Å². The minimum atomic E-state index is -2.58. The minimum Gasteiger partial charge on any atom is -0.462 e. The lowest BCUT2D eigenvalue weighted by Gasteiger charge is -2.47. The topological polar surface area (TPSA) is 35.5 Å². The van der Waals surface area contributed by atoms with Gasteiger partial charge in [0.1, 0.15) is 6.10 Å². The number of rotatable bonds is 5. The van der Waals surface area contributed by atoms with Gasteiger partial charge in [-0.3, -0.25) is 4.79 Å². The molecule has 0 aliphatic heterocycles. The van der Waals surface area contributed by atoms with Crippen LogP contribution in [0.1, 0.15) is 53.9 Å². The van der Waals surface area contributed by atoms with E-state index < -0.39 is 8.32 Å². The van der Waals surface area contributed by atoms with Crippen LogP contribution >= 0.6 is 0 Å². The van der Waals surface area contributed by atoms with Crippen LogP contribution in [0.25, 0.3) is 0 Å². The molecule has 0 N–H and O–H groups in total. The van der Waals surface area contributed by atoms with Crippen LogP contribution in [0.15, 0.2) is 60.7 Å². The van der Waals surface area contributed by atoms with Gasteiger partial charge < -0.3 is 9.16 Å². The Kier molecular flexibility index (Phi) is 6.64. The highest BCUT2D eigenvalue weighted by atomic mass is 28.4. The molecule has 0 radical (unpaired) electrons. The molecule has 3 nitrogen and oxygen atoms in total. The molecule has 0 heterocycles. The second-order valence-corrected chi connectivity index (χ2v) is 13.7. The van der Waals surface area contributed by atoms with Gasteiger partial charge >= 0.3 is 5.97 Å². The molecule has 3 atom stereocenters. The molecule has 0 saturated heterocycles. The van der Waals surface area contributed by atoms with Gasteiger partial charge in [0.2, 0.25) is 0 Å². The number of benzene rings is 2. The van der Waals surface area contributed by atoms with Gasteiger partial charge in [-0.1, -0.05) is 88.4 Å². The molecule has 2 aromatic carbocycles. The van der Waals surface area contributed by atoms with Gasteiger partial charge in [-0.05, 0) is 34.2 Å². The first-order valence-electron chi connectivity index (χ1n) is 10.7. The summed E-state index contributed by atoms with van der Waals surface area (Å²) in [7, 11) is -2.58. The zero-order valence-corrected chi connectivity index (χ0v) is 19.4. The highest BCUT2D eigenvalue weighted by Gasteiger charge is 2.52. The van der Waals surface area contributed by atoms with Crippen molar-refractivity contribution in [2.45, 2.75) is 71.1 Å². The lowest BCUT2D eigenvalue weighted by Crippen LogP contribution is -2.68. The fraction of sp³-hybridized carbons (Fsp3) is 0.480. The quantitative estimate of drug-likeness (QED) is 0.530. The lowest BCUT2D eigenvalue weighted by molar-refractivity contribution is -0.150. The third kappa shape index (κ3) is 4.81. The van der Waals surface area contributed by atoms with E-state index in [9.17, 15) is 4.79 Å². The maximum Gasteiger partial charge on any atom is 0.302 e. The number of ether oxygens (including phenoxy) is 1. The Bertz CT molecular complexity index is 758. The summed E-state index contributed by atoms with van der Waals surface area (Å²) in [5, 5.41) is 2.54. The van der Waals surface area contributed by atoms with Crippen LogP contribution in [0.5, 0.6) is 0 Å². The maximum absolute atomic E-state index is 11.6. The molecule has 0 amide bonds. The van der Waals surface area contributed by atoms with E-state index in [0.717, 1.165) is 19.3 Å². The van der Waals surface area contributed by atoms with Gasteiger partial charge in [0.05, 0.1) is 0 Å². The van der Waals surface area contributed by atoms with Crippen LogP contribution in [0.3, 0.4) is 0 Å². The van der Waals surface area contributed by atoms with Crippen molar-refractivity contribution in [1.29, 1.82) is 0 Å². The highest BCUT2D eigenvalue weighted by Crippen LogP contribution is 2.40. The van der Waals surface area contributed by atoms with Gasteiger partial charge in [-0.15, -0.1) is 0 Å². The predicted octanol–water partition coefficient (Wildman–Crippen LogP) is 4.68. The van der Waals surface area contributed by atoms with Crippen LogP contribution in [0.4, 0.5) is 0 Å². The standard InChI is InChI=1S/C25H34O3Si/c1-19-16-21(27-20(2)26)18-22(17-19)28-29(25(3,4)5,23-12-8-6-9-13-23)24-14-10-7-11-15-24/h6-15,19,21-22H,16-18H2,1-5H3. The molecular weight excluding hydrogens is 376 g/mol. The molecule has 0 bridgehead atoms. The lowest BCUT2D eigenvalue weighted by atomic mass is 9.86. The third-order valence-corrected chi connectivity index (χ3v) is 11.0. The van der Waals surface area contributed by atoms with Crippen molar-refractivity contribution in [1.82, 2.24) is 0 Å². The third-order valence-electron chi connectivity index (χ3n) is 5.95. The van der Waals surface area contributed by atoms with Gasteiger partial charge in [0.25, 0.3) is 8.32 Å². The zero-order valence-electron chi connectivity index (χ0n) is 18.4. The largest absolute Gasteiger partial charge is 0.462 e. The molecule has 4 heteroatoms. The summed E-state index contributed by atoms with van der Waals surface area (Å²) < 4.78 is 12.8. The normalized spacial score (nSPS) is 22.9. The van der Waals surface area contributed by atoms with Crippen LogP contribution in [0, 0.1) is 5.92 Å². The van der Waals surface area contributed by atoms with Gasteiger partial charge in [0, 0.05) is 19.4 Å². The Morgan fingerprint density at radius 1 is 0.862 bits per heavy atom.